The molecule has 0 radical (unpaired) electrons. The van der Waals surface area contributed by atoms with E-state index in [2.05, 4.69) is 10.9 Å². The molecule has 1 heterocycles. The van der Waals surface area contributed by atoms with Gasteiger partial charge in [0.25, 0.3) is 5.91 Å². The summed E-state index contributed by atoms with van der Waals surface area (Å²) in [4.78, 5) is 10.9. The molecule has 50 valence electrons. The first-order valence-corrected chi connectivity index (χ1v) is 3.41. The first-order valence-electron chi connectivity index (χ1n) is 3.41. The predicted molar refractivity (Wildman–Crippen MR) is 32.5 cm³/mol. The first kappa shape index (κ1) is 5.23. The average molecular weight is 126 g/mol. The molecule has 0 aromatic carbocycles. The number of amides is 1. The predicted octanol–water partition coefficient (Wildman–Crippen LogP) is -0.0664. The highest BCUT2D eigenvalue weighted by Crippen LogP contribution is 2.32. The Labute approximate surface area is 53.8 Å². The molecule has 1 amide bonds. The van der Waals surface area contributed by atoms with Crippen LogP contribution in [-0.4, -0.2) is 11.4 Å². The number of rotatable bonds is 0. The van der Waals surface area contributed by atoms with Gasteiger partial charge in [0.15, 0.2) is 0 Å². The van der Waals surface area contributed by atoms with Crippen molar-refractivity contribution >= 4 is 5.91 Å². The molecule has 1 aliphatic carbocycles. The van der Waals surface area contributed by atoms with Crippen LogP contribution < -0.4 is 10.9 Å². The Morgan fingerprint density at radius 3 is 2.22 bits per heavy atom. The lowest BCUT2D eigenvalue weighted by Crippen LogP contribution is -2.73. The fourth-order valence-corrected chi connectivity index (χ4v) is 1.62. The molecular weight excluding hydrogens is 116 g/mol. The zero-order valence-corrected chi connectivity index (χ0v) is 5.24. The van der Waals surface area contributed by atoms with Gasteiger partial charge in [-0.1, -0.05) is 12.8 Å². The highest BCUT2D eigenvalue weighted by atomic mass is 16.2. The number of carbonyl (C=O) groups excluding carboxylic acids is 1. The average Bonchev–Trinajstić information content (AvgIpc) is 2.34. The van der Waals surface area contributed by atoms with E-state index in [9.17, 15) is 4.79 Å². The molecule has 1 aliphatic heterocycles. The van der Waals surface area contributed by atoms with E-state index in [1.807, 2.05) is 0 Å². The normalized spacial score (nSPS) is 30.0. The van der Waals surface area contributed by atoms with E-state index in [1.165, 1.54) is 12.8 Å². The molecular formula is C6H10N2O. The van der Waals surface area contributed by atoms with Gasteiger partial charge in [0, 0.05) is 0 Å². The fourth-order valence-electron chi connectivity index (χ4n) is 1.62. The molecule has 1 saturated carbocycles. The minimum Gasteiger partial charge on any atom is -0.289 e. The van der Waals surface area contributed by atoms with E-state index < -0.39 is 0 Å². The summed E-state index contributed by atoms with van der Waals surface area (Å²) in [6, 6.07) is 0. The van der Waals surface area contributed by atoms with Crippen LogP contribution in [0.4, 0.5) is 0 Å². The van der Waals surface area contributed by atoms with Gasteiger partial charge in [-0.15, -0.1) is 0 Å². The topological polar surface area (TPSA) is 41.1 Å². The molecule has 0 atom stereocenters. The van der Waals surface area contributed by atoms with Crippen LogP contribution >= 0.6 is 0 Å². The van der Waals surface area contributed by atoms with Crippen molar-refractivity contribution < 1.29 is 4.79 Å². The van der Waals surface area contributed by atoms with Gasteiger partial charge >= 0.3 is 0 Å². The summed E-state index contributed by atoms with van der Waals surface area (Å²) in [7, 11) is 0. The molecule has 0 aromatic rings. The molecule has 0 bridgehead atoms. The molecule has 2 N–H and O–H groups in total. The Hall–Kier alpha value is -0.570. The fraction of sp³-hybridized carbons (Fsp3) is 0.833. The smallest absolute Gasteiger partial charge is 0.256 e. The number of hydrogen-bond donors (Lipinski definition) is 2. The standard InChI is InChI=1S/C6H10N2O/c9-5-6(8-7-5)3-1-2-4-6/h8H,1-4H2,(H,7,9). The molecule has 2 fully saturated rings. The second-order valence-corrected chi connectivity index (χ2v) is 2.87. The Bertz CT molecular complexity index is 149. The Morgan fingerprint density at radius 1 is 1.33 bits per heavy atom. The Kier molecular flexibility index (Phi) is 0.858. The summed E-state index contributed by atoms with van der Waals surface area (Å²) in [6.45, 7) is 0. The second-order valence-electron chi connectivity index (χ2n) is 2.87. The molecule has 2 rings (SSSR count). The molecule has 3 heteroatoms. The van der Waals surface area contributed by atoms with Crippen LogP contribution in [0.1, 0.15) is 25.7 Å². The molecule has 0 aromatic heterocycles. The van der Waals surface area contributed by atoms with Gasteiger partial charge in [0.1, 0.15) is 5.54 Å². The Balaban J connectivity index is 2.14. The third kappa shape index (κ3) is 0.525. The SMILES string of the molecule is O=C1NNC12CCCC2. The molecule has 1 spiro atoms. The van der Waals surface area contributed by atoms with Crippen molar-refractivity contribution in [1.29, 1.82) is 0 Å². The third-order valence-corrected chi connectivity index (χ3v) is 2.31. The minimum atomic E-state index is -0.125. The van der Waals surface area contributed by atoms with Crippen LogP contribution in [0.25, 0.3) is 0 Å². The van der Waals surface area contributed by atoms with Crippen molar-refractivity contribution in [3.05, 3.63) is 0 Å². The third-order valence-electron chi connectivity index (χ3n) is 2.31. The lowest BCUT2D eigenvalue weighted by Gasteiger charge is -2.38. The molecule has 2 aliphatic rings. The number of nitrogens with one attached hydrogen (secondary N) is 2. The van der Waals surface area contributed by atoms with Crippen LogP contribution in [0.5, 0.6) is 0 Å². The first-order chi connectivity index (χ1) is 4.33. The highest BCUT2D eigenvalue weighted by Gasteiger charge is 2.47. The zero-order valence-electron chi connectivity index (χ0n) is 5.24. The quantitative estimate of drug-likeness (QED) is 0.477. The van der Waals surface area contributed by atoms with Crippen molar-refractivity contribution in [3.63, 3.8) is 0 Å². The van der Waals surface area contributed by atoms with Gasteiger partial charge < -0.3 is 0 Å². The van der Waals surface area contributed by atoms with Crippen LogP contribution in [-0.2, 0) is 4.79 Å². The van der Waals surface area contributed by atoms with E-state index in [0.717, 1.165) is 12.8 Å². The Morgan fingerprint density at radius 2 is 2.00 bits per heavy atom. The second kappa shape index (κ2) is 1.48. The molecule has 3 nitrogen and oxygen atoms in total. The lowest BCUT2D eigenvalue weighted by atomic mass is 9.94. The van der Waals surface area contributed by atoms with E-state index in [4.69, 9.17) is 0 Å². The van der Waals surface area contributed by atoms with Crippen LogP contribution in [0, 0.1) is 0 Å². The van der Waals surface area contributed by atoms with Crippen LogP contribution in [0.15, 0.2) is 0 Å². The molecule has 1 saturated heterocycles. The summed E-state index contributed by atoms with van der Waals surface area (Å²) in [6.07, 6.45) is 4.44. The van der Waals surface area contributed by atoms with Crippen LogP contribution in [0.2, 0.25) is 0 Å². The monoisotopic (exact) mass is 126 g/mol. The van der Waals surface area contributed by atoms with Crippen molar-refractivity contribution in [1.82, 2.24) is 10.9 Å². The summed E-state index contributed by atoms with van der Waals surface area (Å²) < 4.78 is 0. The summed E-state index contributed by atoms with van der Waals surface area (Å²) in [5.41, 5.74) is 5.40. The molecule has 0 unspecified atom stereocenters. The van der Waals surface area contributed by atoms with Gasteiger partial charge in [-0.05, 0) is 12.8 Å². The number of hydrogen-bond acceptors (Lipinski definition) is 2. The molecule has 9 heavy (non-hydrogen) atoms. The van der Waals surface area contributed by atoms with Gasteiger partial charge in [0.2, 0.25) is 0 Å². The largest absolute Gasteiger partial charge is 0.289 e. The van der Waals surface area contributed by atoms with Crippen molar-refractivity contribution in [2.75, 3.05) is 0 Å². The van der Waals surface area contributed by atoms with Gasteiger partial charge in [-0.25, -0.2) is 5.43 Å². The van der Waals surface area contributed by atoms with Gasteiger partial charge in [0.05, 0.1) is 0 Å². The van der Waals surface area contributed by atoms with E-state index in [0.29, 0.717) is 0 Å². The van der Waals surface area contributed by atoms with E-state index in [1.54, 1.807) is 0 Å². The summed E-state index contributed by atoms with van der Waals surface area (Å²) >= 11 is 0. The minimum absolute atomic E-state index is 0.125. The highest BCUT2D eigenvalue weighted by molar-refractivity contribution is 5.91. The number of carbonyl (C=O) groups is 1. The van der Waals surface area contributed by atoms with E-state index in [-0.39, 0.29) is 11.4 Å². The number of hydrazine groups is 1. The van der Waals surface area contributed by atoms with Crippen molar-refractivity contribution in [2.24, 2.45) is 0 Å². The lowest BCUT2D eigenvalue weighted by molar-refractivity contribution is -0.139. The maximum atomic E-state index is 10.9. The zero-order chi connectivity index (χ0) is 6.32. The maximum Gasteiger partial charge on any atom is 0.256 e. The summed E-state index contributed by atoms with van der Waals surface area (Å²) in [5, 5.41) is 0. The maximum absolute atomic E-state index is 10.9. The van der Waals surface area contributed by atoms with Crippen molar-refractivity contribution in [3.8, 4) is 0 Å². The summed E-state index contributed by atoms with van der Waals surface area (Å²) in [5.74, 6) is 0.194. The van der Waals surface area contributed by atoms with E-state index >= 15 is 0 Å². The van der Waals surface area contributed by atoms with Crippen molar-refractivity contribution in [2.45, 2.75) is 31.2 Å². The van der Waals surface area contributed by atoms with Gasteiger partial charge in [-0.2, -0.15) is 0 Å². The van der Waals surface area contributed by atoms with Crippen LogP contribution in [0.3, 0.4) is 0 Å². The van der Waals surface area contributed by atoms with Gasteiger partial charge in [-0.3, -0.25) is 10.2 Å².